The molecule has 0 aromatic rings. The third kappa shape index (κ3) is 72.7. The predicted octanol–water partition coefficient (Wildman–Crippen LogP) is 10.4. The molecule has 23 nitrogen and oxygen atoms in total. The van der Waals surface area contributed by atoms with E-state index in [0.717, 1.165) is 62.9 Å². The van der Waals surface area contributed by atoms with Crippen molar-refractivity contribution in [3.05, 3.63) is 0 Å². The van der Waals surface area contributed by atoms with Crippen LogP contribution in [0.5, 0.6) is 0 Å². The number of hydrogen-bond donors (Lipinski definition) is 13. The lowest BCUT2D eigenvalue weighted by atomic mass is 9.93. The van der Waals surface area contributed by atoms with E-state index in [0.29, 0.717) is 32.1 Å². The van der Waals surface area contributed by atoms with Crippen molar-refractivity contribution in [2.75, 3.05) is 44.1 Å². The van der Waals surface area contributed by atoms with Crippen LogP contribution in [0.2, 0.25) is 0 Å². The number of carbonyl (C=O) groups excluding carboxylic acids is 5. The summed E-state index contributed by atoms with van der Waals surface area (Å²) in [5.74, 6) is -9.63. The van der Waals surface area contributed by atoms with Crippen molar-refractivity contribution in [3.63, 3.8) is 0 Å². The molecule has 1 unspecified atom stereocenters. The highest BCUT2D eigenvalue weighted by Gasteiger charge is 2.28. The van der Waals surface area contributed by atoms with E-state index in [-0.39, 0.29) is 63.6 Å². The van der Waals surface area contributed by atoms with Gasteiger partial charge in [0.1, 0.15) is 30.8 Å². The summed E-state index contributed by atoms with van der Waals surface area (Å²) >= 11 is 3.05. The van der Waals surface area contributed by atoms with Crippen molar-refractivity contribution < 1.29 is 93.3 Å². The number of nitrogens with one attached hydrogen (secondary N) is 4. The van der Waals surface area contributed by atoms with Gasteiger partial charge in [-0.1, -0.05) is 133 Å². The van der Waals surface area contributed by atoms with E-state index in [1.807, 2.05) is 21.2 Å². The Morgan fingerprint density at radius 3 is 1.10 bits per heavy atom. The SMILES string of the molecule is C.CSSC.CSSC.CSSC.F.NO.O=C(O)CCCCCCCCCCCCC(=O)N[C@@H](CCC(=O)C[C@@H](CCC(=O)N[C@@H](CCC(=O)C[C@@H](CCC(=O)NCCCC[C@H](NP)C(=O)O)C(=O)O)C(=O)O)C(=O)O)C(=O)O.[3H]SSI. The zero-order chi connectivity index (χ0) is 64.1. The zero-order valence-electron chi connectivity index (χ0n) is 48.6. The van der Waals surface area contributed by atoms with Crippen molar-refractivity contribution in [2.24, 2.45) is 17.7 Å². The van der Waals surface area contributed by atoms with Gasteiger partial charge in [-0.05, 0) is 103 Å². The van der Waals surface area contributed by atoms with Gasteiger partial charge < -0.3 is 51.8 Å². The number of halogens is 2. The molecule has 0 aliphatic carbocycles. The number of unbranched alkanes of at least 4 members (excludes halogenated alkanes) is 10. The standard InChI is InChI=1S/C42H69N4O17P.3C2H6S2.CH4.FH.HIS2.H3NO/c47-29(25-27(38(54)55)16-22-34(49)43-24-12-11-13-33(46-64)42(62)63)19-21-32(41(60)61)45-36(51)23-17-28(39(56)57)26-30(48)18-20-31(40(58)59)44-35(50)14-9-7-5-3-1-2-4-6-8-10-15-37(52)53;3*1-3-4-2;;;1-3-2;1-2/h27-28,31-33,46H,1-26,64H2,(H,43,49)(H,44,50)(H,45,51)(H,52,53)(H,54,55)(H,56,57)(H,58,59)(H,60,61)(H,62,63);3*1-2H3;1H4;1H;2H;2H,1H2/t27-,28-,31+,32+,33+;;;;;;;/m1......./s1/i/hT. The number of Topliss-reactive ketones (excluding diaryl/α,β-unsaturated/α-hetero) is 2. The first kappa shape index (κ1) is 95.0. The number of aliphatic carboxylic acids is 6. The van der Waals surface area contributed by atoms with Gasteiger partial charge in [-0.3, -0.25) is 52.9 Å². The maximum Gasteiger partial charge on any atom is 0.326 e. The fourth-order valence-electron chi connectivity index (χ4n) is 6.69. The molecule has 0 fully saturated rings. The van der Waals surface area contributed by atoms with E-state index in [2.05, 4.69) is 73.9 Å². The maximum absolute atomic E-state index is 12.7. The van der Waals surface area contributed by atoms with Crippen molar-refractivity contribution in [3.8, 4) is 0 Å². The van der Waals surface area contributed by atoms with Crippen LogP contribution in [0, 0.1) is 11.8 Å². The van der Waals surface area contributed by atoms with Crippen LogP contribution in [0.15, 0.2) is 0 Å². The third-order valence-electron chi connectivity index (χ3n) is 11.1. The van der Waals surface area contributed by atoms with Gasteiger partial charge in [0, 0.05) is 79.1 Å². The van der Waals surface area contributed by atoms with Gasteiger partial charge in [0.15, 0.2) is 0 Å². The van der Waals surface area contributed by atoms with Gasteiger partial charge in [-0.15, -0.1) is 11.6 Å². The molecule has 83 heavy (non-hydrogen) atoms. The van der Waals surface area contributed by atoms with Gasteiger partial charge in [0.25, 0.3) is 0 Å². The molecule has 0 aliphatic heterocycles. The highest BCUT2D eigenvalue weighted by Crippen LogP contribution is 2.19. The Morgan fingerprint density at radius 1 is 0.470 bits per heavy atom. The van der Waals surface area contributed by atoms with Crippen LogP contribution in [-0.2, 0) is 52.7 Å². The molecule has 0 aliphatic rings. The molecule has 0 aromatic carbocycles. The van der Waals surface area contributed by atoms with E-state index in [9.17, 15) is 73.2 Å². The number of rotatable bonds is 46. The molecule has 0 bridgehead atoms. The van der Waals surface area contributed by atoms with Crippen molar-refractivity contribution in [1.82, 2.24) is 21.0 Å². The van der Waals surface area contributed by atoms with E-state index in [1.54, 1.807) is 64.8 Å². The van der Waals surface area contributed by atoms with Crippen molar-refractivity contribution in [1.29, 1.82) is 1.12 Å². The first-order chi connectivity index (χ1) is 38.9. The van der Waals surface area contributed by atoms with Crippen LogP contribution in [-0.4, -0.2) is 164 Å². The molecule has 0 spiro atoms. The number of carboxylic acids is 6. The molecular formula is C49H96FIN5O18PS8. The van der Waals surface area contributed by atoms with Crippen LogP contribution in [0.4, 0.5) is 4.70 Å². The highest BCUT2D eigenvalue weighted by molar-refractivity contribution is 14.2. The number of hydrogen-bond acceptors (Lipinski definition) is 22. The average molecular weight is 1480 g/mol. The Hall–Kier alpha value is -1.66. The van der Waals surface area contributed by atoms with Crippen LogP contribution in [0.25, 0.3) is 0 Å². The minimum absolute atomic E-state index is 0. The fourth-order valence-corrected chi connectivity index (χ4v) is 7.00. The van der Waals surface area contributed by atoms with Crippen molar-refractivity contribution in [2.45, 2.75) is 186 Å². The van der Waals surface area contributed by atoms with E-state index in [1.165, 1.54) is 7.97 Å². The van der Waals surface area contributed by atoms with Crippen LogP contribution < -0.4 is 26.9 Å². The number of amides is 3. The van der Waals surface area contributed by atoms with Crippen LogP contribution in [0.1, 0.15) is 168 Å². The molecular weight excluding hydrogens is 1380 g/mol. The summed E-state index contributed by atoms with van der Waals surface area (Å²) in [5, 5.41) is 72.4. The number of carbonyl (C=O) groups is 11. The number of thiol groups is 1. The second kappa shape index (κ2) is 72.8. The van der Waals surface area contributed by atoms with Crippen LogP contribution >= 0.6 is 115 Å². The summed E-state index contributed by atoms with van der Waals surface area (Å²) in [5.41, 5.74) is 0. The summed E-state index contributed by atoms with van der Waals surface area (Å²) < 4.78 is 6.32. The fraction of sp³-hybridized carbons (Fsp3) is 0.776. The largest absolute Gasteiger partial charge is 0.481 e. The van der Waals surface area contributed by atoms with Gasteiger partial charge >= 0.3 is 35.8 Å². The van der Waals surface area contributed by atoms with E-state index < -0.39 is 127 Å². The van der Waals surface area contributed by atoms with E-state index >= 15 is 0 Å². The van der Waals surface area contributed by atoms with Crippen LogP contribution in [0.3, 0.4) is 0 Å². The molecule has 0 heterocycles. The second-order valence-corrected chi connectivity index (χ2v) is 29.1. The smallest absolute Gasteiger partial charge is 0.326 e. The molecule has 13 N–H and O–H groups in total. The molecule has 492 valence electrons. The topological polar surface area (TPSA) is 404 Å². The Balaban J connectivity index is -0.000000420. The Kier molecular flexibility index (Phi) is 83.3. The Morgan fingerprint density at radius 2 is 0.795 bits per heavy atom. The first-order valence-electron chi connectivity index (χ1n) is 25.9. The Bertz CT molecular complexity index is 1720. The maximum atomic E-state index is 12.7. The molecule has 0 saturated carbocycles. The monoisotopic (exact) mass is 1480 g/mol. The molecule has 0 saturated heterocycles. The molecule has 0 radical (unpaired) electrons. The van der Waals surface area contributed by atoms with Gasteiger partial charge in [0.05, 0.1) is 11.8 Å². The lowest BCUT2D eigenvalue weighted by Gasteiger charge is -2.17. The van der Waals surface area contributed by atoms with Gasteiger partial charge in [-0.2, -0.15) is 0 Å². The van der Waals surface area contributed by atoms with Gasteiger partial charge in [0.2, 0.25) is 17.7 Å². The first-order valence-corrected chi connectivity index (χ1v) is 39.3. The van der Waals surface area contributed by atoms with Gasteiger partial charge in [-0.25, -0.2) is 15.5 Å². The predicted molar refractivity (Wildman–Crippen MR) is 359 cm³/mol. The molecule has 34 heteroatoms. The zero-order valence-corrected chi connectivity index (χ0v) is 57.4. The summed E-state index contributed by atoms with van der Waals surface area (Å²) in [6, 6.07) is -3.71. The lowest BCUT2D eigenvalue weighted by Crippen LogP contribution is -2.41. The molecule has 3 amide bonds. The second-order valence-electron chi connectivity index (χ2n) is 17.0. The number of ketones is 2. The third-order valence-corrected chi connectivity index (χ3v) is 15.5. The van der Waals surface area contributed by atoms with Crippen molar-refractivity contribution >= 4 is 180 Å². The molecule has 0 aromatic heterocycles. The summed E-state index contributed by atoms with van der Waals surface area (Å²) in [7, 11) is 14.2. The Labute approximate surface area is 539 Å². The minimum Gasteiger partial charge on any atom is -0.481 e. The molecule has 0 rings (SSSR count). The summed E-state index contributed by atoms with van der Waals surface area (Å²) in [6.45, 7) is 0.236. The lowest BCUT2D eigenvalue weighted by molar-refractivity contribution is -0.145. The number of nitrogens with two attached hydrogens (primary N) is 1. The minimum atomic E-state index is -1.58. The summed E-state index contributed by atoms with van der Waals surface area (Å²) in [6.07, 6.45) is 19.0. The highest BCUT2D eigenvalue weighted by atomic mass is 127. The quantitative estimate of drug-likeness (QED) is 0.00672. The molecule has 6 atom stereocenters. The van der Waals surface area contributed by atoms with E-state index in [4.69, 9.17) is 16.5 Å². The number of carboxylic acid groups (broad SMARTS) is 6. The average Bonchev–Trinajstić information content (AvgIpc) is 3.44. The summed E-state index contributed by atoms with van der Waals surface area (Å²) in [4.78, 5) is 131. The normalized spacial score (nSPS) is 11.8.